The first-order valence-electron chi connectivity index (χ1n) is 7.24. The van der Waals surface area contributed by atoms with Crippen LogP contribution in [0.5, 0.6) is 11.5 Å². The van der Waals surface area contributed by atoms with Crippen molar-refractivity contribution in [3.63, 3.8) is 0 Å². The highest BCUT2D eigenvalue weighted by Crippen LogP contribution is 2.12. The third kappa shape index (κ3) is 4.81. The molecule has 1 N–H and O–H groups in total. The predicted molar refractivity (Wildman–Crippen MR) is 86.4 cm³/mol. The Morgan fingerprint density at radius 3 is 1.86 bits per heavy atom. The minimum atomic E-state index is 0.0266. The molecule has 0 atom stereocenters. The lowest BCUT2D eigenvalue weighted by molar-refractivity contribution is -0.120. The molecule has 0 fully saturated rings. The summed E-state index contributed by atoms with van der Waals surface area (Å²) in [6.45, 7) is 0.626. The fourth-order valence-corrected chi connectivity index (χ4v) is 2.13. The number of amides is 1. The zero-order valence-electron chi connectivity index (χ0n) is 13.0. The average Bonchev–Trinajstić information content (AvgIpc) is 2.56. The molecule has 2 rings (SSSR count). The van der Waals surface area contributed by atoms with E-state index in [9.17, 15) is 4.79 Å². The van der Waals surface area contributed by atoms with Crippen molar-refractivity contribution in [1.29, 1.82) is 0 Å². The molecule has 0 bridgehead atoms. The highest BCUT2D eigenvalue weighted by atomic mass is 16.5. The van der Waals surface area contributed by atoms with Crippen molar-refractivity contribution in [3.05, 3.63) is 59.7 Å². The number of rotatable bonds is 7. The van der Waals surface area contributed by atoms with Crippen LogP contribution in [0.15, 0.2) is 48.5 Å². The van der Waals surface area contributed by atoms with Gasteiger partial charge in [-0.05, 0) is 41.8 Å². The molecule has 0 spiro atoms. The fourth-order valence-electron chi connectivity index (χ4n) is 2.13. The van der Waals surface area contributed by atoms with Crippen LogP contribution in [0.3, 0.4) is 0 Å². The molecular weight excluding hydrogens is 278 g/mol. The van der Waals surface area contributed by atoms with Crippen LogP contribution in [0.1, 0.15) is 11.1 Å². The van der Waals surface area contributed by atoms with E-state index >= 15 is 0 Å². The quantitative estimate of drug-likeness (QED) is 0.855. The summed E-state index contributed by atoms with van der Waals surface area (Å²) in [5.74, 6) is 1.66. The Bertz CT molecular complexity index is 591. The number of methoxy groups -OCH3 is 2. The lowest BCUT2D eigenvalue weighted by Gasteiger charge is -2.07. The summed E-state index contributed by atoms with van der Waals surface area (Å²) >= 11 is 0. The van der Waals surface area contributed by atoms with Crippen molar-refractivity contribution in [1.82, 2.24) is 5.32 Å². The highest BCUT2D eigenvalue weighted by Gasteiger charge is 2.03. The smallest absolute Gasteiger partial charge is 0.224 e. The molecule has 0 aliphatic rings. The van der Waals surface area contributed by atoms with E-state index in [0.29, 0.717) is 13.0 Å². The van der Waals surface area contributed by atoms with Crippen LogP contribution in [-0.4, -0.2) is 26.7 Å². The second-order valence-electron chi connectivity index (χ2n) is 4.97. The van der Waals surface area contributed by atoms with E-state index in [1.807, 2.05) is 48.5 Å². The Morgan fingerprint density at radius 1 is 0.864 bits per heavy atom. The van der Waals surface area contributed by atoms with Crippen molar-refractivity contribution in [3.8, 4) is 11.5 Å². The first-order chi connectivity index (χ1) is 10.7. The summed E-state index contributed by atoms with van der Waals surface area (Å²) in [6.07, 6.45) is 1.19. The van der Waals surface area contributed by atoms with Gasteiger partial charge < -0.3 is 14.8 Å². The third-order valence-corrected chi connectivity index (χ3v) is 3.42. The van der Waals surface area contributed by atoms with E-state index in [-0.39, 0.29) is 5.91 Å². The van der Waals surface area contributed by atoms with Gasteiger partial charge in [0.15, 0.2) is 0 Å². The number of hydrogen-bond donors (Lipinski definition) is 1. The van der Waals surface area contributed by atoms with Gasteiger partial charge in [-0.2, -0.15) is 0 Å². The van der Waals surface area contributed by atoms with Crippen LogP contribution in [0, 0.1) is 0 Å². The molecule has 0 aliphatic carbocycles. The largest absolute Gasteiger partial charge is 0.497 e. The summed E-state index contributed by atoms with van der Waals surface area (Å²) in [6, 6.07) is 15.4. The maximum atomic E-state index is 11.9. The Labute approximate surface area is 131 Å². The third-order valence-electron chi connectivity index (χ3n) is 3.42. The van der Waals surface area contributed by atoms with Gasteiger partial charge in [0.1, 0.15) is 11.5 Å². The van der Waals surface area contributed by atoms with Crippen molar-refractivity contribution in [2.24, 2.45) is 0 Å². The van der Waals surface area contributed by atoms with Crippen molar-refractivity contribution < 1.29 is 14.3 Å². The SMILES string of the molecule is COc1ccc(CCNC(=O)Cc2ccc(OC)cc2)cc1. The van der Waals surface area contributed by atoms with Gasteiger partial charge in [0.25, 0.3) is 0 Å². The zero-order valence-corrected chi connectivity index (χ0v) is 13.0. The van der Waals surface area contributed by atoms with E-state index in [1.54, 1.807) is 14.2 Å². The molecule has 0 saturated heterocycles. The Kier molecular flexibility index (Phi) is 5.83. The molecule has 4 nitrogen and oxygen atoms in total. The molecule has 2 aromatic carbocycles. The maximum absolute atomic E-state index is 11.9. The number of ether oxygens (including phenoxy) is 2. The number of benzene rings is 2. The molecule has 22 heavy (non-hydrogen) atoms. The number of nitrogens with one attached hydrogen (secondary N) is 1. The molecule has 4 heteroatoms. The molecule has 0 radical (unpaired) electrons. The number of hydrogen-bond acceptors (Lipinski definition) is 3. The molecule has 0 aliphatic heterocycles. The molecular formula is C18H21NO3. The molecule has 116 valence electrons. The molecule has 2 aromatic rings. The van der Waals surface area contributed by atoms with Gasteiger partial charge in [-0.15, -0.1) is 0 Å². The Balaban J connectivity index is 1.74. The van der Waals surface area contributed by atoms with Gasteiger partial charge in [0, 0.05) is 6.54 Å². The standard InChI is InChI=1S/C18H21NO3/c1-21-16-7-3-14(4-8-16)11-12-19-18(20)13-15-5-9-17(22-2)10-6-15/h3-10H,11-13H2,1-2H3,(H,19,20). The average molecular weight is 299 g/mol. The van der Waals surface area contributed by atoms with Crippen molar-refractivity contribution >= 4 is 5.91 Å². The molecule has 0 unspecified atom stereocenters. The first kappa shape index (κ1) is 15.9. The van der Waals surface area contributed by atoms with Crippen LogP contribution >= 0.6 is 0 Å². The van der Waals surface area contributed by atoms with Gasteiger partial charge in [-0.25, -0.2) is 0 Å². The highest BCUT2D eigenvalue weighted by molar-refractivity contribution is 5.78. The van der Waals surface area contributed by atoms with Crippen LogP contribution in [0.2, 0.25) is 0 Å². The topological polar surface area (TPSA) is 47.6 Å². The summed E-state index contributed by atoms with van der Waals surface area (Å²) in [7, 11) is 3.27. The lowest BCUT2D eigenvalue weighted by atomic mass is 10.1. The molecule has 0 aromatic heterocycles. The summed E-state index contributed by atoms with van der Waals surface area (Å²) < 4.78 is 10.2. The van der Waals surface area contributed by atoms with Crippen molar-refractivity contribution in [2.75, 3.05) is 20.8 Å². The predicted octanol–water partition coefficient (Wildman–Crippen LogP) is 2.61. The lowest BCUT2D eigenvalue weighted by Crippen LogP contribution is -2.27. The second-order valence-corrected chi connectivity index (χ2v) is 4.97. The monoisotopic (exact) mass is 299 g/mol. The van der Waals surface area contributed by atoms with Crippen LogP contribution in [0.4, 0.5) is 0 Å². The molecule has 0 heterocycles. The van der Waals surface area contributed by atoms with Gasteiger partial charge >= 0.3 is 0 Å². The number of carbonyl (C=O) groups excluding carboxylic acids is 1. The summed E-state index contributed by atoms with van der Waals surface area (Å²) in [5, 5.41) is 2.94. The van der Waals surface area contributed by atoms with Gasteiger partial charge in [-0.3, -0.25) is 4.79 Å². The Morgan fingerprint density at radius 2 is 1.36 bits per heavy atom. The Hall–Kier alpha value is -2.49. The zero-order chi connectivity index (χ0) is 15.8. The van der Waals surface area contributed by atoms with E-state index in [4.69, 9.17) is 9.47 Å². The van der Waals surface area contributed by atoms with Crippen LogP contribution in [-0.2, 0) is 17.6 Å². The van der Waals surface area contributed by atoms with E-state index in [1.165, 1.54) is 5.56 Å². The van der Waals surface area contributed by atoms with E-state index in [2.05, 4.69) is 5.32 Å². The van der Waals surface area contributed by atoms with Gasteiger partial charge in [0.2, 0.25) is 5.91 Å². The fraction of sp³-hybridized carbons (Fsp3) is 0.278. The molecule has 0 saturated carbocycles. The van der Waals surface area contributed by atoms with Crippen molar-refractivity contribution in [2.45, 2.75) is 12.8 Å². The minimum Gasteiger partial charge on any atom is -0.497 e. The molecule has 1 amide bonds. The second kappa shape index (κ2) is 8.08. The first-order valence-corrected chi connectivity index (χ1v) is 7.24. The van der Waals surface area contributed by atoms with Crippen LogP contribution < -0.4 is 14.8 Å². The van der Waals surface area contributed by atoms with Crippen LogP contribution in [0.25, 0.3) is 0 Å². The minimum absolute atomic E-state index is 0.0266. The number of carbonyl (C=O) groups is 1. The summed E-state index contributed by atoms with van der Waals surface area (Å²) in [4.78, 5) is 11.9. The normalized spacial score (nSPS) is 10.1. The van der Waals surface area contributed by atoms with Gasteiger partial charge in [0.05, 0.1) is 20.6 Å². The van der Waals surface area contributed by atoms with Gasteiger partial charge in [-0.1, -0.05) is 24.3 Å². The maximum Gasteiger partial charge on any atom is 0.224 e. The van der Waals surface area contributed by atoms with E-state index < -0.39 is 0 Å². The van der Waals surface area contributed by atoms with E-state index in [0.717, 1.165) is 23.5 Å². The summed E-state index contributed by atoms with van der Waals surface area (Å²) in [5.41, 5.74) is 2.15.